The minimum Gasteiger partial charge on any atom is -0.324 e. The molecule has 0 heterocycles. The van der Waals surface area contributed by atoms with Crippen molar-refractivity contribution in [2.75, 3.05) is 6.54 Å². The molecule has 0 fully saturated rings. The van der Waals surface area contributed by atoms with Crippen molar-refractivity contribution in [2.24, 2.45) is 5.73 Å². The maximum absolute atomic E-state index is 10.1. The van der Waals surface area contributed by atoms with Gasteiger partial charge in [0.1, 0.15) is 5.78 Å². The van der Waals surface area contributed by atoms with Gasteiger partial charge in [0.2, 0.25) is 0 Å². The van der Waals surface area contributed by atoms with E-state index in [-0.39, 0.29) is 27.2 Å². The van der Waals surface area contributed by atoms with E-state index in [0.29, 0.717) is 6.42 Å². The summed E-state index contributed by atoms with van der Waals surface area (Å²) >= 11 is 0. The Labute approximate surface area is 52.1 Å². The van der Waals surface area contributed by atoms with Crippen LogP contribution in [-0.4, -0.2) is 12.3 Å². The molecule has 0 saturated heterocycles. The van der Waals surface area contributed by atoms with Crippen molar-refractivity contribution in [3.8, 4) is 0 Å². The SMILES string of the molecule is C.C.CCC(=O)CN. The van der Waals surface area contributed by atoms with Crippen molar-refractivity contribution < 1.29 is 4.79 Å². The van der Waals surface area contributed by atoms with Gasteiger partial charge in [-0.05, 0) is 0 Å². The third-order valence-electron chi connectivity index (χ3n) is 0.622. The summed E-state index contributed by atoms with van der Waals surface area (Å²) in [5.41, 5.74) is 4.93. The van der Waals surface area contributed by atoms with Crippen LogP contribution in [-0.2, 0) is 4.79 Å². The topological polar surface area (TPSA) is 43.1 Å². The third-order valence-corrected chi connectivity index (χ3v) is 0.622. The Hall–Kier alpha value is -0.370. The molecule has 0 unspecified atom stereocenters. The number of carbonyl (C=O) groups is 1. The van der Waals surface area contributed by atoms with Crippen LogP contribution in [0.15, 0.2) is 0 Å². The average molecular weight is 119 g/mol. The summed E-state index contributed by atoms with van der Waals surface area (Å²) in [7, 11) is 0. The van der Waals surface area contributed by atoms with Gasteiger partial charge in [-0.3, -0.25) is 4.79 Å². The van der Waals surface area contributed by atoms with Gasteiger partial charge < -0.3 is 5.73 Å². The van der Waals surface area contributed by atoms with Crippen molar-refractivity contribution in [3.63, 3.8) is 0 Å². The van der Waals surface area contributed by atoms with E-state index in [9.17, 15) is 4.79 Å². The van der Waals surface area contributed by atoms with Crippen LogP contribution in [0, 0.1) is 0 Å². The molecule has 0 aliphatic heterocycles. The minimum atomic E-state index is 0. The van der Waals surface area contributed by atoms with Gasteiger partial charge in [0.05, 0.1) is 6.54 Å². The lowest BCUT2D eigenvalue weighted by atomic mass is 10.3. The maximum atomic E-state index is 10.1. The fraction of sp³-hybridized carbons (Fsp3) is 0.833. The number of Topliss-reactive ketones (excluding diaryl/α,β-unsaturated/α-hetero) is 1. The smallest absolute Gasteiger partial charge is 0.146 e. The van der Waals surface area contributed by atoms with Crippen LogP contribution in [0.4, 0.5) is 0 Å². The summed E-state index contributed by atoms with van der Waals surface area (Å²) in [6.07, 6.45) is 0.566. The molecule has 0 bridgehead atoms. The van der Waals surface area contributed by atoms with E-state index in [1.54, 1.807) is 6.92 Å². The number of rotatable bonds is 2. The Kier molecular flexibility index (Phi) is 19.2. The first-order chi connectivity index (χ1) is 2.81. The summed E-state index contributed by atoms with van der Waals surface area (Å²) in [6, 6.07) is 0. The molecule has 0 radical (unpaired) electrons. The molecule has 8 heavy (non-hydrogen) atoms. The molecule has 0 saturated carbocycles. The van der Waals surface area contributed by atoms with Crippen LogP contribution in [0.2, 0.25) is 0 Å². The zero-order valence-corrected chi connectivity index (χ0v) is 3.90. The molecule has 0 atom stereocenters. The lowest BCUT2D eigenvalue weighted by Gasteiger charge is -1.82. The molecule has 0 aliphatic carbocycles. The summed E-state index contributed by atoms with van der Waals surface area (Å²) in [5, 5.41) is 0. The summed E-state index contributed by atoms with van der Waals surface area (Å²) in [5.74, 6) is 0.120. The van der Waals surface area contributed by atoms with Gasteiger partial charge in [0.15, 0.2) is 0 Å². The minimum absolute atomic E-state index is 0. The van der Waals surface area contributed by atoms with Crippen molar-refractivity contribution in [1.29, 1.82) is 0 Å². The second kappa shape index (κ2) is 9.80. The molecule has 0 rings (SSSR count). The Morgan fingerprint density at radius 2 is 1.88 bits per heavy atom. The first kappa shape index (κ1) is 15.6. The van der Waals surface area contributed by atoms with Crippen LogP contribution in [0.5, 0.6) is 0 Å². The van der Waals surface area contributed by atoms with Crippen molar-refractivity contribution in [3.05, 3.63) is 0 Å². The zero-order valence-electron chi connectivity index (χ0n) is 3.90. The molecule has 0 spiro atoms. The fourth-order valence-corrected chi connectivity index (χ4v) is 0.144. The molecule has 0 aromatic carbocycles. The van der Waals surface area contributed by atoms with Crippen LogP contribution >= 0.6 is 0 Å². The zero-order chi connectivity index (χ0) is 4.99. The molecule has 2 nitrogen and oxygen atoms in total. The predicted molar refractivity (Wildman–Crippen MR) is 37.8 cm³/mol. The summed E-state index contributed by atoms with van der Waals surface area (Å²) in [4.78, 5) is 10.1. The average Bonchev–Trinajstić information content (AvgIpc) is 1.65. The van der Waals surface area contributed by atoms with Gasteiger partial charge in [-0.15, -0.1) is 0 Å². The Balaban J connectivity index is -0.000000125. The highest BCUT2D eigenvalue weighted by Gasteiger charge is 1.87. The Morgan fingerprint density at radius 3 is 1.88 bits per heavy atom. The van der Waals surface area contributed by atoms with E-state index in [2.05, 4.69) is 0 Å². The molecule has 52 valence electrons. The van der Waals surface area contributed by atoms with Crippen molar-refractivity contribution in [2.45, 2.75) is 28.2 Å². The largest absolute Gasteiger partial charge is 0.324 e. The highest BCUT2D eigenvalue weighted by atomic mass is 16.1. The van der Waals surface area contributed by atoms with Crippen LogP contribution in [0.3, 0.4) is 0 Å². The fourth-order valence-electron chi connectivity index (χ4n) is 0.144. The highest BCUT2D eigenvalue weighted by Crippen LogP contribution is 1.71. The van der Waals surface area contributed by atoms with Gasteiger partial charge in [-0.2, -0.15) is 0 Å². The molecule has 0 amide bonds. The molecule has 0 aromatic heterocycles. The maximum Gasteiger partial charge on any atom is 0.146 e. The van der Waals surface area contributed by atoms with Gasteiger partial charge in [0, 0.05) is 6.42 Å². The number of ketones is 1. The lowest BCUT2D eigenvalue weighted by molar-refractivity contribution is -0.117. The Bertz CT molecular complexity index is 46.5. The number of nitrogens with two attached hydrogens (primary N) is 1. The predicted octanol–water partition coefficient (Wildman–Crippen LogP) is 1.20. The van der Waals surface area contributed by atoms with Crippen molar-refractivity contribution >= 4 is 5.78 Å². The van der Waals surface area contributed by atoms with E-state index in [0.717, 1.165) is 0 Å². The Morgan fingerprint density at radius 1 is 1.50 bits per heavy atom. The van der Waals surface area contributed by atoms with Crippen LogP contribution < -0.4 is 5.73 Å². The first-order valence-electron chi connectivity index (χ1n) is 2.03. The van der Waals surface area contributed by atoms with E-state index in [4.69, 9.17) is 5.73 Å². The summed E-state index contributed by atoms with van der Waals surface area (Å²) < 4.78 is 0. The van der Waals surface area contributed by atoms with Crippen molar-refractivity contribution in [1.82, 2.24) is 0 Å². The quantitative estimate of drug-likeness (QED) is 0.593. The molecule has 2 heteroatoms. The number of carbonyl (C=O) groups excluding carboxylic acids is 1. The van der Waals surface area contributed by atoms with E-state index < -0.39 is 0 Å². The molecular formula is C6H17NO. The second-order valence-electron chi connectivity index (χ2n) is 1.10. The number of hydrogen-bond donors (Lipinski definition) is 1. The summed E-state index contributed by atoms with van der Waals surface area (Å²) in [6.45, 7) is 1.99. The normalized spacial score (nSPS) is 6.25. The van der Waals surface area contributed by atoms with E-state index in [1.165, 1.54) is 0 Å². The monoisotopic (exact) mass is 119 g/mol. The highest BCUT2D eigenvalue weighted by molar-refractivity contribution is 5.79. The third kappa shape index (κ3) is 9.16. The van der Waals surface area contributed by atoms with Gasteiger partial charge in [-0.1, -0.05) is 21.8 Å². The first-order valence-corrected chi connectivity index (χ1v) is 2.03. The van der Waals surface area contributed by atoms with Gasteiger partial charge in [-0.25, -0.2) is 0 Å². The van der Waals surface area contributed by atoms with Crippen LogP contribution in [0.1, 0.15) is 28.2 Å². The second-order valence-corrected chi connectivity index (χ2v) is 1.10. The van der Waals surface area contributed by atoms with Gasteiger partial charge >= 0.3 is 0 Å². The standard InChI is InChI=1S/C4H9NO.2CH4/c1-2-4(6)3-5;;/h2-3,5H2,1H3;2*1H4. The number of hydrogen-bond acceptors (Lipinski definition) is 2. The van der Waals surface area contributed by atoms with Gasteiger partial charge in [0.25, 0.3) is 0 Å². The van der Waals surface area contributed by atoms with E-state index >= 15 is 0 Å². The lowest BCUT2D eigenvalue weighted by Crippen LogP contribution is -2.11. The molecular weight excluding hydrogens is 102 g/mol. The van der Waals surface area contributed by atoms with E-state index in [1.807, 2.05) is 0 Å². The molecule has 0 aliphatic rings. The molecule has 0 aromatic rings. The molecule has 2 N–H and O–H groups in total. The van der Waals surface area contributed by atoms with Crippen LogP contribution in [0.25, 0.3) is 0 Å².